The van der Waals surface area contributed by atoms with E-state index in [4.69, 9.17) is 0 Å². The van der Waals surface area contributed by atoms with Crippen molar-refractivity contribution in [3.05, 3.63) is 70.9 Å². The molecule has 3 aromatic rings. The molecule has 0 saturated carbocycles. The SMILES string of the molecule is CCc1cccc2c(C(=O)CN3C(=O)N[C@@](C)(c4cc(F)ccc4F)C3=O)c[nH]c12. The fourth-order valence-electron chi connectivity index (χ4n) is 3.87. The number of hydrogen-bond acceptors (Lipinski definition) is 3. The Bertz CT molecular complexity index is 1200. The lowest BCUT2D eigenvalue weighted by atomic mass is 9.91. The number of carbonyl (C=O) groups excluding carboxylic acids is 3. The lowest BCUT2D eigenvalue weighted by Crippen LogP contribution is -2.42. The first-order valence-electron chi connectivity index (χ1n) is 9.48. The van der Waals surface area contributed by atoms with Crippen molar-refractivity contribution in [3.8, 4) is 0 Å². The zero-order valence-corrected chi connectivity index (χ0v) is 16.4. The molecule has 0 bridgehead atoms. The number of aromatic amines is 1. The van der Waals surface area contributed by atoms with Crippen molar-refractivity contribution in [3.63, 3.8) is 0 Å². The highest BCUT2D eigenvalue weighted by Gasteiger charge is 2.51. The topological polar surface area (TPSA) is 82.3 Å². The molecule has 4 rings (SSSR count). The van der Waals surface area contributed by atoms with Gasteiger partial charge in [0.1, 0.15) is 17.2 Å². The summed E-state index contributed by atoms with van der Waals surface area (Å²) in [7, 11) is 0. The van der Waals surface area contributed by atoms with E-state index in [0.717, 1.165) is 40.6 Å². The Morgan fingerprint density at radius 3 is 2.67 bits per heavy atom. The molecule has 0 aliphatic carbocycles. The van der Waals surface area contributed by atoms with Gasteiger partial charge in [0, 0.05) is 28.2 Å². The lowest BCUT2D eigenvalue weighted by Gasteiger charge is -2.22. The van der Waals surface area contributed by atoms with E-state index >= 15 is 0 Å². The number of nitrogens with one attached hydrogen (secondary N) is 2. The van der Waals surface area contributed by atoms with Gasteiger partial charge >= 0.3 is 6.03 Å². The summed E-state index contributed by atoms with van der Waals surface area (Å²) in [5.41, 5.74) is 0.115. The largest absolute Gasteiger partial charge is 0.360 e. The van der Waals surface area contributed by atoms with Crippen LogP contribution in [0.1, 0.15) is 35.3 Å². The average Bonchev–Trinajstić information content (AvgIpc) is 3.25. The zero-order chi connectivity index (χ0) is 21.6. The maximum atomic E-state index is 14.3. The molecule has 2 N–H and O–H groups in total. The molecule has 3 amide bonds. The second kappa shape index (κ2) is 7.05. The molecule has 2 heterocycles. The number of imide groups is 1. The third kappa shape index (κ3) is 2.96. The summed E-state index contributed by atoms with van der Waals surface area (Å²) in [5.74, 6) is -2.83. The molecule has 8 heteroatoms. The molecule has 1 aliphatic heterocycles. The number of aromatic nitrogens is 1. The highest BCUT2D eigenvalue weighted by atomic mass is 19.1. The average molecular weight is 411 g/mol. The van der Waals surface area contributed by atoms with Crippen molar-refractivity contribution in [2.24, 2.45) is 0 Å². The van der Waals surface area contributed by atoms with Crippen LogP contribution in [-0.2, 0) is 16.8 Å². The number of aryl methyl sites for hydroxylation is 1. The highest BCUT2D eigenvalue weighted by molar-refractivity contribution is 6.14. The number of nitrogens with zero attached hydrogens (tertiary/aromatic N) is 1. The number of ketones is 1. The van der Waals surface area contributed by atoms with Gasteiger partial charge in [-0.3, -0.25) is 14.5 Å². The van der Waals surface area contributed by atoms with Gasteiger partial charge in [0.05, 0.1) is 6.54 Å². The molecule has 0 radical (unpaired) electrons. The molecule has 1 fully saturated rings. The van der Waals surface area contributed by atoms with Gasteiger partial charge in [-0.25, -0.2) is 13.6 Å². The molecule has 2 aromatic carbocycles. The van der Waals surface area contributed by atoms with Gasteiger partial charge in [0.25, 0.3) is 5.91 Å². The summed E-state index contributed by atoms with van der Waals surface area (Å²) in [5, 5.41) is 3.09. The number of Topliss-reactive ketones (excluding diaryl/α,β-unsaturated/α-hetero) is 1. The molecule has 30 heavy (non-hydrogen) atoms. The van der Waals surface area contributed by atoms with Crippen LogP contribution in [0.5, 0.6) is 0 Å². The molecular weight excluding hydrogens is 392 g/mol. The van der Waals surface area contributed by atoms with Crippen LogP contribution in [0.25, 0.3) is 10.9 Å². The summed E-state index contributed by atoms with van der Waals surface area (Å²) in [6.45, 7) is 2.77. The van der Waals surface area contributed by atoms with Crippen LogP contribution in [0, 0.1) is 11.6 Å². The Balaban J connectivity index is 1.64. The zero-order valence-electron chi connectivity index (χ0n) is 16.4. The minimum atomic E-state index is -1.81. The van der Waals surface area contributed by atoms with Crippen LogP contribution in [-0.4, -0.2) is 34.2 Å². The summed E-state index contributed by atoms with van der Waals surface area (Å²) in [6.07, 6.45) is 2.33. The number of H-pyrrole nitrogens is 1. The molecule has 0 unspecified atom stereocenters. The first-order valence-corrected chi connectivity index (χ1v) is 9.48. The normalized spacial score (nSPS) is 18.9. The standard InChI is InChI=1S/C22H19F2N3O3/c1-3-12-5-4-6-14-15(10-25-19(12)14)18(28)11-27-20(29)22(2,26-21(27)30)16-9-13(23)7-8-17(16)24/h4-10,25H,3,11H2,1-2H3,(H,26,30)/t22-/m0/s1. The number of halogens is 2. The fraction of sp³-hybridized carbons (Fsp3) is 0.227. The predicted octanol–water partition coefficient (Wildman–Crippen LogP) is 3.66. The number of para-hydroxylation sites is 1. The Morgan fingerprint density at radius 2 is 1.93 bits per heavy atom. The first-order chi connectivity index (χ1) is 14.3. The third-order valence-electron chi connectivity index (χ3n) is 5.53. The van der Waals surface area contributed by atoms with Crippen molar-refractivity contribution in [1.82, 2.24) is 15.2 Å². The van der Waals surface area contributed by atoms with Crippen LogP contribution < -0.4 is 5.32 Å². The van der Waals surface area contributed by atoms with Crippen LogP contribution >= 0.6 is 0 Å². The van der Waals surface area contributed by atoms with E-state index in [1.54, 1.807) is 12.3 Å². The van der Waals surface area contributed by atoms with Gasteiger partial charge in [-0.2, -0.15) is 0 Å². The molecule has 1 atom stereocenters. The van der Waals surface area contributed by atoms with E-state index in [1.807, 2.05) is 19.1 Å². The van der Waals surface area contributed by atoms with Crippen molar-refractivity contribution < 1.29 is 23.2 Å². The monoisotopic (exact) mass is 411 g/mol. The highest BCUT2D eigenvalue weighted by Crippen LogP contribution is 2.31. The predicted molar refractivity (Wildman–Crippen MR) is 106 cm³/mol. The van der Waals surface area contributed by atoms with Gasteiger partial charge in [-0.1, -0.05) is 25.1 Å². The Labute approximate surface area is 170 Å². The number of amides is 3. The van der Waals surface area contributed by atoms with E-state index < -0.39 is 41.4 Å². The van der Waals surface area contributed by atoms with Gasteiger partial charge in [-0.15, -0.1) is 0 Å². The van der Waals surface area contributed by atoms with Gasteiger partial charge in [0.2, 0.25) is 0 Å². The number of benzene rings is 2. The maximum absolute atomic E-state index is 14.3. The van der Waals surface area contributed by atoms with Crippen molar-refractivity contribution >= 4 is 28.6 Å². The number of rotatable bonds is 5. The van der Waals surface area contributed by atoms with Gasteiger partial charge in [0.15, 0.2) is 5.78 Å². The quantitative estimate of drug-likeness (QED) is 0.497. The summed E-state index contributed by atoms with van der Waals surface area (Å²) < 4.78 is 27.9. The Kier molecular flexibility index (Phi) is 4.64. The number of carbonyl (C=O) groups is 3. The fourth-order valence-corrected chi connectivity index (χ4v) is 3.87. The Morgan fingerprint density at radius 1 is 1.17 bits per heavy atom. The summed E-state index contributed by atoms with van der Waals surface area (Å²) >= 11 is 0. The molecule has 1 aliphatic rings. The molecule has 1 saturated heterocycles. The molecule has 1 aromatic heterocycles. The number of fused-ring (bicyclic) bond motifs is 1. The van der Waals surface area contributed by atoms with Crippen LogP contribution in [0.4, 0.5) is 13.6 Å². The smallest absolute Gasteiger partial charge is 0.325 e. The lowest BCUT2D eigenvalue weighted by molar-refractivity contribution is -0.130. The molecule has 6 nitrogen and oxygen atoms in total. The second-order valence-corrected chi connectivity index (χ2v) is 7.39. The van der Waals surface area contributed by atoms with E-state index in [2.05, 4.69) is 10.3 Å². The Hall–Kier alpha value is -3.55. The first kappa shape index (κ1) is 19.8. The van der Waals surface area contributed by atoms with Crippen LogP contribution in [0.3, 0.4) is 0 Å². The van der Waals surface area contributed by atoms with Crippen LogP contribution in [0.2, 0.25) is 0 Å². The minimum absolute atomic E-state index is 0.296. The maximum Gasteiger partial charge on any atom is 0.325 e. The number of urea groups is 1. The van der Waals surface area contributed by atoms with Gasteiger partial charge in [-0.05, 0) is 37.1 Å². The second-order valence-electron chi connectivity index (χ2n) is 7.39. The van der Waals surface area contributed by atoms with Crippen molar-refractivity contribution in [1.29, 1.82) is 0 Å². The summed E-state index contributed by atoms with van der Waals surface area (Å²) in [4.78, 5) is 42.1. The van der Waals surface area contributed by atoms with E-state index in [-0.39, 0.29) is 5.56 Å². The summed E-state index contributed by atoms with van der Waals surface area (Å²) in [6, 6.07) is 7.41. The van der Waals surface area contributed by atoms with E-state index in [9.17, 15) is 23.2 Å². The molecule has 154 valence electrons. The van der Waals surface area contributed by atoms with E-state index in [1.165, 1.54) is 6.92 Å². The van der Waals surface area contributed by atoms with E-state index in [0.29, 0.717) is 10.9 Å². The van der Waals surface area contributed by atoms with Gasteiger partial charge < -0.3 is 10.3 Å². The van der Waals surface area contributed by atoms with Crippen molar-refractivity contribution in [2.45, 2.75) is 25.8 Å². The van der Waals surface area contributed by atoms with Crippen LogP contribution in [0.15, 0.2) is 42.6 Å². The number of hydrogen-bond donors (Lipinski definition) is 2. The third-order valence-corrected chi connectivity index (χ3v) is 5.53. The molecule has 0 spiro atoms. The van der Waals surface area contributed by atoms with Crippen molar-refractivity contribution in [2.75, 3.05) is 6.54 Å². The minimum Gasteiger partial charge on any atom is -0.360 e. The molecular formula is C22H19F2N3O3.